The Hall–Kier alpha value is -2.61. The number of para-hydroxylation sites is 1. The van der Waals surface area contributed by atoms with E-state index < -0.39 is 10.0 Å². The summed E-state index contributed by atoms with van der Waals surface area (Å²) in [6.07, 6.45) is 2.95. The van der Waals surface area contributed by atoms with Crippen molar-refractivity contribution in [2.24, 2.45) is 0 Å². The summed E-state index contributed by atoms with van der Waals surface area (Å²) in [5.74, 6) is 0.636. The Morgan fingerprint density at radius 2 is 2.04 bits per heavy atom. The molecule has 1 aromatic carbocycles. The van der Waals surface area contributed by atoms with Gasteiger partial charge in [0.15, 0.2) is 0 Å². The first kappa shape index (κ1) is 14.9. The van der Waals surface area contributed by atoms with Gasteiger partial charge in [0.2, 0.25) is 11.0 Å². The minimum atomic E-state index is -3.78. The maximum atomic E-state index is 13.0. The second-order valence-electron chi connectivity index (χ2n) is 5.59. The number of hydrogen-bond donors (Lipinski definition) is 0. The maximum Gasteiger partial charge on any atom is 0.297 e. The van der Waals surface area contributed by atoms with Crippen molar-refractivity contribution in [1.82, 2.24) is 10.2 Å². The van der Waals surface area contributed by atoms with Gasteiger partial charge in [-0.2, -0.15) is 8.42 Å². The van der Waals surface area contributed by atoms with Crippen molar-refractivity contribution in [3.63, 3.8) is 0 Å². The first-order valence-corrected chi connectivity index (χ1v) is 8.99. The number of fused-ring (bicyclic) bond motifs is 1. The zero-order chi connectivity index (χ0) is 16.7. The second-order valence-corrected chi connectivity index (χ2v) is 7.38. The Morgan fingerprint density at radius 1 is 1.21 bits per heavy atom. The third kappa shape index (κ3) is 2.39. The highest BCUT2D eigenvalue weighted by Crippen LogP contribution is 2.33. The number of hydrogen-bond acceptors (Lipinski definition) is 6. The fraction of sp³-hybridized carbons (Fsp3) is 0.250. The van der Waals surface area contributed by atoms with Gasteiger partial charge in [0.1, 0.15) is 6.26 Å². The lowest BCUT2D eigenvalue weighted by molar-refractivity contribution is 0.447. The smallest absolute Gasteiger partial charge is 0.297 e. The van der Waals surface area contributed by atoms with Gasteiger partial charge in [-0.3, -0.25) is 4.31 Å². The summed E-state index contributed by atoms with van der Waals surface area (Å²) in [5, 5.41) is 7.48. The van der Waals surface area contributed by atoms with E-state index in [0.717, 1.165) is 18.4 Å². The van der Waals surface area contributed by atoms with Gasteiger partial charge >= 0.3 is 0 Å². The van der Waals surface area contributed by atoms with Crippen LogP contribution in [0.25, 0.3) is 11.5 Å². The van der Waals surface area contributed by atoms with Crippen LogP contribution in [0.4, 0.5) is 5.69 Å². The predicted octanol–water partition coefficient (Wildman–Crippen LogP) is 2.78. The van der Waals surface area contributed by atoms with Gasteiger partial charge in [-0.15, -0.1) is 10.2 Å². The number of furan rings is 1. The van der Waals surface area contributed by atoms with E-state index in [2.05, 4.69) is 10.2 Å². The zero-order valence-electron chi connectivity index (χ0n) is 13.0. The number of benzene rings is 1. The fourth-order valence-electron chi connectivity index (χ4n) is 2.83. The SMILES string of the molecule is Cc1nnc(-c2coc(S(=O)(=O)N3CCCc4ccccc43)c2)o1. The molecule has 1 aliphatic rings. The van der Waals surface area contributed by atoms with Crippen molar-refractivity contribution in [3.05, 3.63) is 48.0 Å². The van der Waals surface area contributed by atoms with E-state index in [1.165, 1.54) is 16.6 Å². The molecule has 0 saturated carbocycles. The Balaban J connectivity index is 1.73. The van der Waals surface area contributed by atoms with Crippen LogP contribution in [0, 0.1) is 6.92 Å². The molecule has 7 nitrogen and oxygen atoms in total. The Labute approximate surface area is 139 Å². The summed E-state index contributed by atoms with van der Waals surface area (Å²) in [6, 6.07) is 8.93. The van der Waals surface area contributed by atoms with Gasteiger partial charge in [0, 0.05) is 19.5 Å². The van der Waals surface area contributed by atoms with Crippen LogP contribution in [0.2, 0.25) is 0 Å². The van der Waals surface area contributed by atoms with E-state index >= 15 is 0 Å². The van der Waals surface area contributed by atoms with Crippen molar-refractivity contribution in [3.8, 4) is 11.5 Å². The van der Waals surface area contributed by atoms with E-state index in [-0.39, 0.29) is 11.0 Å². The van der Waals surface area contributed by atoms with Crippen LogP contribution in [0.1, 0.15) is 17.9 Å². The topological polar surface area (TPSA) is 89.4 Å². The van der Waals surface area contributed by atoms with Crippen LogP contribution in [-0.4, -0.2) is 25.2 Å². The van der Waals surface area contributed by atoms with E-state index in [1.54, 1.807) is 6.92 Å². The summed E-state index contributed by atoms with van der Waals surface area (Å²) in [5.41, 5.74) is 2.17. The van der Waals surface area contributed by atoms with Crippen molar-refractivity contribution >= 4 is 15.7 Å². The van der Waals surface area contributed by atoms with E-state index in [0.29, 0.717) is 23.7 Å². The van der Waals surface area contributed by atoms with Crippen LogP contribution in [-0.2, 0) is 16.4 Å². The minimum Gasteiger partial charge on any atom is -0.450 e. The molecule has 3 heterocycles. The van der Waals surface area contributed by atoms with Gasteiger partial charge in [0.25, 0.3) is 15.9 Å². The molecule has 0 spiro atoms. The number of anilines is 1. The monoisotopic (exact) mass is 345 g/mol. The molecule has 0 bridgehead atoms. The number of nitrogens with zero attached hydrogens (tertiary/aromatic N) is 3. The Bertz CT molecular complexity index is 990. The van der Waals surface area contributed by atoms with E-state index in [1.807, 2.05) is 24.3 Å². The van der Waals surface area contributed by atoms with Gasteiger partial charge in [-0.25, -0.2) is 0 Å². The summed E-state index contributed by atoms with van der Waals surface area (Å²) < 4.78 is 37.9. The number of aromatic nitrogens is 2. The molecule has 0 atom stereocenters. The van der Waals surface area contributed by atoms with E-state index in [9.17, 15) is 8.42 Å². The molecule has 0 aliphatic carbocycles. The molecular weight excluding hydrogens is 330 g/mol. The molecular formula is C16H15N3O4S. The molecule has 4 rings (SSSR count). The van der Waals surface area contributed by atoms with Gasteiger partial charge in [-0.05, 0) is 24.5 Å². The lowest BCUT2D eigenvalue weighted by Gasteiger charge is -2.29. The van der Waals surface area contributed by atoms with Crippen molar-refractivity contribution in [2.75, 3.05) is 10.8 Å². The molecule has 0 radical (unpaired) electrons. The summed E-state index contributed by atoms with van der Waals surface area (Å²) in [7, 11) is -3.78. The summed E-state index contributed by atoms with van der Waals surface area (Å²) in [4.78, 5) is 0. The third-order valence-corrected chi connectivity index (χ3v) is 5.64. The summed E-state index contributed by atoms with van der Waals surface area (Å²) >= 11 is 0. The van der Waals surface area contributed by atoms with Crippen molar-refractivity contribution in [2.45, 2.75) is 24.9 Å². The van der Waals surface area contributed by atoms with Crippen LogP contribution >= 0.6 is 0 Å². The molecule has 2 aromatic heterocycles. The van der Waals surface area contributed by atoms with Crippen molar-refractivity contribution < 1.29 is 17.3 Å². The molecule has 1 aliphatic heterocycles. The summed E-state index contributed by atoms with van der Waals surface area (Å²) in [6.45, 7) is 2.09. The van der Waals surface area contributed by atoms with Crippen molar-refractivity contribution in [1.29, 1.82) is 0 Å². The van der Waals surface area contributed by atoms with Crippen LogP contribution in [0.5, 0.6) is 0 Å². The molecule has 0 N–H and O–H groups in total. The van der Waals surface area contributed by atoms with Crippen LogP contribution in [0.15, 0.2) is 50.5 Å². The van der Waals surface area contributed by atoms with Gasteiger partial charge in [-0.1, -0.05) is 18.2 Å². The quantitative estimate of drug-likeness (QED) is 0.725. The van der Waals surface area contributed by atoms with E-state index in [4.69, 9.17) is 8.83 Å². The average Bonchev–Trinajstić information content (AvgIpc) is 3.23. The fourth-order valence-corrected chi connectivity index (χ4v) is 4.30. The molecule has 124 valence electrons. The Morgan fingerprint density at radius 3 is 2.83 bits per heavy atom. The standard InChI is InChI=1S/C16H15N3O4S/c1-11-17-18-16(23-11)13-9-15(22-10-13)24(20,21)19-8-4-6-12-5-2-3-7-14(12)19/h2-3,5,7,9-10H,4,6,8H2,1H3. The number of rotatable bonds is 3. The predicted molar refractivity (Wildman–Crippen MR) is 86.0 cm³/mol. The largest absolute Gasteiger partial charge is 0.450 e. The first-order chi connectivity index (χ1) is 11.6. The third-order valence-electron chi connectivity index (χ3n) is 3.96. The molecule has 24 heavy (non-hydrogen) atoms. The van der Waals surface area contributed by atoms with Crippen LogP contribution in [0.3, 0.4) is 0 Å². The number of aryl methyl sites for hydroxylation is 2. The zero-order valence-corrected chi connectivity index (χ0v) is 13.8. The lowest BCUT2D eigenvalue weighted by Crippen LogP contribution is -2.35. The van der Waals surface area contributed by atoms with Gasteiger partial charge in [0.05, 0.1) is 11.3 Å². The first-order valence-electron chi connectivity index (χ1n) is 7.55. The molecule has 0 fully saturated rings. The molecule has 0 saturated heterocycles. The highest BCUT2D eigenvalue weighted by molar-refractivity contribution is 7.92. The second kappa shape index (κ2) is 5.48. The molecule has 0 amide bonds. The minimum absolute atomic E-state index is 0.134. The lowest BCUT2D eigenvalue weighted by atomic mass is 10.0. The van der Waals surface area contributed by atoms with Gasteiger partial charge < -0.3 is 8.83 Å². The molecule has 8 heteroatoms. The number of sulfonamides is 1. The molecule has 3 aromatic rings. The Kier molecular flexibility index (Phi) is 3.42. The molecule has 0 unspecified atom stereocenters. The van der Waals surface area contributed by atoms with Crippen LogP contribution < -0.4 is 4.31 Å². The highest BCUT2D eigenvalue weighted by atomic mass is 32.2. The highest BCUT2D eigenvalue weighted by Gasteiger charge is 2.32. The maximum absolute atomic E-state index is 13.0. The normalized spacial score (nSPS) is 14.6. The average molecular weight is 345 g/mol.